The number of aromatic nitrogens is 1. The van der Waals surface area contributed by atoms with Gasteiger partial charge in [-0.1, -0.05) is 29.3 Å². The van der Waals surface area contributed by atoms with Gasteiger partial charge in [0.1, 0.15) is 18.1 Å². The number of amides is 1. The zero-order valence-electron chi connectivity index (χ0n) is 22.4. The van der Waals surface area contributed by atoms with E-state index in [0.717, 1.165) is 47.0 Å². The number of carbonyl (C=O) groups excluding carboxylic acids is 1. The maximum absolute atomic E-state index is 13.6. The van der Waals surface area contributed by atoms with E-state index in [9.17, 15) is 4.79 Å². The second-order valence-corrected chi connectivity index (χ2v) is 10.3. The number of quaternary nitrogens is 1. The van der Waals surface area contributed by atoms with Gasteiger partial charge in [0.15, 0.2) is 17.8 Å². The first-order valence-electron chi connectivity index (χ1n) is 13.2. The first-order valence-corrected chi connectivity index (χ1v) is 13.9. The molecule has 0 radical (unpaired) electrons. The molecule has 0 saturated heterocycles. The lowest BCUT2D eigenvalue weighted by atomic mass is 9.92. The standard InChI is InChI=1S/C30H29Cl2N5O4/c1-39-26-10-3-19(15-27(26)40-14-2-12-34-18-35-17-33)29-28-23(24-16-21(32)6-9-25(24)36-28)11-13-37(29)30(38)41-22-7-4-20(31)5-8-22/h3-10,15-18,29,36H,2,11-14H2,1H3,(H2,33,34,35)/p+1. The van der Waals surface area contributed by atoms with E-state index >= 15 is 0 Å². The SMILES string of the molecule is COc1ccc(C2c3[nH]c4ccc(Cl)cc4c3CCN2C(=O)Oc2ccc(Cl)cc2)cc1OCCC[NH2+]C=NC=N. The third-order valence-electron chi connectivity index (χ3n) is 6.88. The number of rotatable bonds is 10. The van der Waals surface area contributed by atoms with Gasteiger partial charge in [0.25, 0.3) is 0 Å². The Bertz CT molecular complexity index is 1570. The molecular formula is C30H30Cl2N5O4+. The van der Waals surface area contributed by atoms with Crippen molar-refractivity contribution in [2.45, 2.75) is 18.9 Å². The first kappa shape index (κ1) is 28.5. The molecule has 0 aliphatic carbocycles. The normalized spacial score (nSPS) is 14.7. The van der Waals surface area contributed by atoms with Crippen molar-refractivity contribution in [3.63, 3.8) is 0 Å². The third-order valence-corrected chi connectivity index (χ3v) is 7.37. The van der Waals surface area contributed by atoms with E-state index in [-0.39, 0.29) is 0 Å². The smallest absolute Gasteiger partial charge is 0.416 e. The Morgan fingerprint density at radius 3 is 2.71 bits per heavy atom. The third kappa shape index (κ3) is 6.48. The zero-order valence-corrected chi connectivity index (χ0v) is 23.9. The molecule has 4 aromatic rings. The van der Waals surface area contributed by atoms with Crippen molar-refractivity contribution in [3.8, 4) is 17.2 Å². The predicted molar refractivity (Wildman–Crippen MR) is 160 cm³/mol. The van der Waals surface area contributed by atoms with E-state index in [0.29, 0.717) is 46.9 Å². The number of carbonyl (C=O) groups is 1. The van der Waals surface area contributed by atoms with E-state index in [4.69, 9.17) is 42.8 Å². The molecule has 212 valence electrons. The van der Waals surface area contributed by atoms with Gasteiger partial charge in [0.2, 0.25) is 0 Å². The Balaban J connectivity index is 1.48. The molecule has 4 N–H and O–H groups in total. The lowest BCUT2D eigenvalue weighted by Crippen LogP contribution is -2.82. The Labute approximate surface area is 247 Å². The first-order chi connectivity index (χ1) is 20.0. The molecule has 1 amide bonds. The van der Waals surface area contributed by atoms with Crippen molar-refractivity contribution < 1.29 is 24.3 Å². The van der Waals surface area contributed by atoms with Crippen molar-refractivity contribution in [1.82, 2.24) is 9.88 Å². The van der Waals surface area contributed by atoms with Crippen LogP contribution in [0.2, 0.25) is 10.0 Å². The fourth-order valence-corrected chi connectivity index (χ4v) is 5.30. The number of aliphatic imine (C=N–C) groups is 1. The minimum absolute atomic E-state index is 0.411. The van der Waals surface area contributed by atoms with Gasteiger partial charge in [-0.25, -0.2) is 4.79 Å². The van der Waals surface area contributed by atoms with Crippen molar-refractivity contribution in [3.05, 3.63) is 87.5 Å². The summed E-state index contributed by atoms with van der Waals surface area (Å²) in [5.41, 5.74) is 3.81. The summed E-state index contributed by atoms with van der Waals surface area (Å²) >= 11 is 12.4. The number of H-pyrrole nitrogens is 1. The second kappa shape index (κ2) is 13.1. The number of hydrogen-bond donors (Lipinski definition) is 3. The highest BCUT2D eigenvalue weighted by atomic mass is 35.5. The molecule has 1 aliphatic rings. The Morgan fingerprint density at radius 2 is 1.93 bits per heavy atom. The molecule has 0 saturated carbocycles. The lowest BCUT2D eigenvalue weighted by molar-refractivity contribution is -0.530. The van der Waals surface area contributed by atoms with Crippen LogP contribution in [0.3, 0.4) is 0 Å². The Kier molecular flexibility index (Phi) is 9.08. The number of benzene rings is 3. The van der Waals surface area contributed by atoms with Crippen LogP contribution in [-0.4, -0.2) is 55.5 Å². The fraction of sp³-hybridized carbons (Fsp3) is 0.233. The van der Waals surface area contributed by atoms with E-state index in [1.165, 1.54) is 0 Å². The summed E-state index contributed by atoms with van der Waals surface area (Å²) in [7, 11) is 1.60. The average Bonchev–Trinajstić information content (AvgIpc) is 3.35. The molecule has 3 aromatic carbocycles. The molecule has 2 heterocycles. The molecule has 0 spiro atoms. The molecular weight excluding hydrogens is 565 g/mol. The van der Waals surface area contributed by atoms with Gasteiger partial charge >= 0.3 is 6.09 Å². The molecule has 1 aliphatic heterocycles. The van der Waals surface area contributed by atoms with Gasteiger partial charge in [-0.15, -0.1) is 0 Å². The Morgan fingerprint density at radius 1 is 1.12 bits per heavy atom. The molecule has 11 heteroatoms. The van der Waals surface area contributed by atoms with Crippen molar-refractivity contribution in [2.75, 3.05) is 26.8 Å². The number of ether oxygens (including phenoxy) is 3. The number of nitrogens with one attached hydrogen (secondary N) is 2. The number of nitrogens with zero attached hydrogens (tertiary/aromatic N) is 2. The number of fused-ring (bicyclic) bond motifs is 3. The summed E-state index contributed by atoms with van der Waals surface area (Å²) < 4.78 is 17.5. The molecule has 0 bridgehead atoms. The van der Waals surface area contributed by atoms with Gasteiger partial charge < -0.3 is 24.5 Å². The summed E-state index contributed by atoms with van der Waals surface area (Å²) in [6.07, 6.45) is 3.52. The van der Waals surface area contributed by atoms with E-state index in [1.54, 1.807) is 42.6 Å². The van der Waals surface area contributed by atoms with Crippen molar-refractivity contribution in [2.24, 2.45) is 4.99 Å². The van der Waals surface area contributed by atoms with Crippen LogP contribution in [0.4, 0.5) is 4.79 Å². The molecule has 5 rings (SSSR count). The van der Waals surface area contributed by atoms with E-state index < -0.39 is 12.1 Å². The fourth-order valence-electron chi connectivity index (χ4n) is 5.00. The lowest BCUT2D eigenvalue weighted by Gasteiger charge is -2.35. The van der Waals surface area contributed by atoms with Crippen LogP contribution in [0, 0.1) is 5.41 Å². The van der Waals surface area contributed by atoms with Crippen LogP contribution in [-0.2, 0) is 6.42 Å². The summed E-state index contributed by atoms with van der Waals surface area (Å²) in [6.45, 7) is 1.66. The topological polar surface area (TPSA) is 117 Å². The quantitative estimate of drug-likeness (QED) is 0.126. The second-order valence-electron chi connectivity index (χ2n) is 9.44. The molecule has 9 nitrogen and oxygen atoms in total. The number of hydrogen-bond acceptors (Lipinski definition) is 5. The monoisotopic (exact) mass is 594 g/mol. The van der Waals surface area contributed by atoms with Gasteiger partial charge in [0, 0.05) is 39.6 Å². The van der Waals surface area contributed by atoms with Gasteiger partial charge in [-0.05, 0) is 72.1 Å². The zero-order chi connectivity index (χ0) is 28.8. The molecule has 41 heavy (non-hydrogen) atoms. The van der Waals surface area contributed by atoms with Crippen LogP contribution in [0.25, 0.3) is 10.9 Å². The van der Waals surface area contributed by atoms with E-state index in [2.05, 4.69) is 9.98 Å². The number of methoxy groups -OCH3 is 1. The largest absolute Gasteiger partial charge is 0.493 e. The summed E-state index contributed by atoms with van der Waals surface area (Å²) in [4.78, 5) is 22.6. The number of nitrogens with two attached hydrogens (primary N) is 1. The highest BCUT2D eigenvalue weighted by molar-refractivity contribution is 6.31. The maximum Gasteiger partial charge on any atom is 0.416 e. The Hall–Kier alpha value is -4.05. The molecule has 0 fully saturated rings. The minimum atomic E-state index is -0.472. The van der Waals surface area contributed by atoms with E-state index in [1.807, 2.05) is 41.7 Å². The summed E-state index contributed by atoms with van der Waals surface area (Å²) in [6, 6.07) is 17.7. The highest BCUT2D eigenvalue weighted by Crippen LogP contribution is 2.42. The van der Waals surface area contributed by atoms with Crippen LogP contribution in [0.5, 0.6) is 17.2 Å². The maximum atomic E-state index is 13.6. The molecule has 1 aromatic heterocycles. The average molecular weight is 596 g/mol. The van der Waals surface area contributed by atoms with Crippen molar-refractivity contribution >= 4 is 52.9 Å². The predicted octanol–water partition coefficient (Wildman–Crippen LogP) is 5.60. The van der Waals surface area contributed by atoms with Crippen LogP contribution in [0.15, 0.2) is 65.7 Å². The van der Waals surface area contributed by atoms with Gasteiger partial charge in [0.05, 0.1) is 20.3 Å². The molecule has 1 atom stereocenters. The van der Waals surface area contributed by atoms with Gasteiger partial charge in [-0.3, -0.25) is 10.3 Å². The summed E-state index contributed by atoms with van der Waals surface area (Å²) in [5.74, 6) is 1.59. The van der Waals surface area contributed by atoms with Crippen LogP contribution >= 0.6 is 23.2 Å². The van der Waals surface area contributed by atoms with Crippen LogP contribution in [0.1, 0.15) is 29.3 Å². The number of halogens is 2. The van der Waals surface area contributed by atoms with Gasteiger partial charge in [-0.2, -0.15) is 4.99 Å². The summed E-state index contributed by atoms with van der Waals surface area (Å²) in [5, 5.41) is 11.1. The highest BCUT2D eigenvalue weighted by Gasteiger charge is 2.36. The number of aromatic amines is 1. The van der Waals surface area contributed by atoms with Crippen molar-refractivity contribution in [1.29, 1.82) is 5.41 Å². The van der Waals surface area contributed by atoms with Crippen LogP contribution < -0.4 is 19.5 Å². The molecule has 1 unspecified atom stereocenters. The minimum Gasteiger partial charge on any atom is -0.493 e.